The van der Waals surface area contributed by atoms with Crippen LogP contribution in [0.1, 0.15) is 17.2 Å². The van der Waals surface area contributed by atoms with Crippen LogP contribution in [0.4, 0.5) is 14.6 Å². The molecule has 2 aromatic carbocycles. The molecule has 1 atom stereocenters. The lowest BCUT2D eigenvalue weighted by atomic mass is 10.1. The second-order valence-electron chi connectivity index (χ2n) is 5.68. The first-order valence-electron chi connectivity index (χ1n) is 7.79. The Morgan fingerprint density at radius 1 is 1.08 bits per heavy atom. The number of hydrogen-bond donors (Lipinski definition) is 2. The molecule has 0 saturated heterocycles. The Morgan fingerprint density at radius 3 is 2.56 bits per heavy atom. The van der Waals surface area contributed by atoms with Crippen LogP contribution >= 0.6 is 0 Å². The summed E-state index contributed by atoms with van der Waals surface area (Å²) < 4.78 is 27.0. The fourth-order valence-electron chi connectivity index (χ4n) is 2.48. The molecule has 25 heavy (non-hydrogen) atoms. The largest absolute Gasteiger partial charge is 0.387 e. The molecule has 4 nitrogen and oxygen atoms in total. The van der Waals surface area contributed by atoms with Gasteiger partial charge in [-0.15, -0.1) is 0 Å². The van der Waals surface area contributed by atoms with Crippen LogP contribution in [0.5, 0.6) is 0 Å². The number of nitrogens with one attached hydrogen (secondary N) is 1. The Kier molecular flexibility index (Phi) is 5.00. The Labute approximate surface area is 144 Å². The van der Waals surface area contributed by atoms with E-state index in [9.17, 15) is 13.9 Å². The molecule has 0 bridgehead atoms. The van der Waals surface area contributed by atoms with Gasteiger partial charge in [0.1, 0.15) is 12.1 Å². The van der Waals surface area contributed by atoms with Gasteiger partial charge < -0.3 is 10.4 Å². The van der Waals surface area contributed by atoms with Crippen molar-refractivity contribution in [2.45, 2.75) is 13.0 Å². The predicted molar refractivity (Wildman–Crippen MR) is 92.0 cm³/mol. The van der Waals surface area contributed by atoms with Crippen molar-refractivity contribution in [3.05, 3.63) is 77.6 Å². The summed E-state index contributed by atoms with van der Waals surface area (Å²) in [5, 5.41) is 13.2. The number of aliphatic hydroxyl groups excluding tert-OH is 1. The summed E-state index contributed by atoms with van der Waals surface area (Å²) in [5.74, 6) is -1.29. The van der Waals surface area contributed by atoms with Crippen molar-refractivity contribution in [1.29, 1.82) is 0 Å². The van der Waals surface area contributed by atoms with E-state index in [1.165, 1.54) is 19.3 Å². The number of aryl methyl sites for hydroxylation is 1. The van der Waals surface area contributed by atoms with Gasteiger partial charge in [-0.3, -0.25) is 0 Å². The highest BCUT2D eigenvalue weighted by molar-refractivity contribution is 5.63. The minimum Gasteiger partial charge on any atom is -0.387 e. The SMILES string of the molecule is Cc1cc(-c2cc(NC[C@H](O)c3ccccc3)ncn2)cc(F)c1F. The van der Waals surface area contributed by atoms with Gasteiger partial charge in [0.05, 0.1) is 11.8 Å². The monoisotopic (exact) mass is 341 g/mol. The van der Waals surface area contributed by atoms with Gasteiger partial charge in [-0.25, -0.2) is 18.7 Å². The summed E-state index contributed by atoms with van der Waals surface area (Å²) in [6, 6.07) is 13.5. The summed E-state index contributed by atoms with van der Waals surface area (Å²) in [5.41, 5.74) is 1.93. The predicted octanol–water partition coefficient (Wildman–Crippen LogP) is 3.88. The molecule has 0 aliphatic heterocycles. The van der Waals surface area contributed by atoms with E-state index in [2.05, 4.69) is 15.3 Å². The molecule has 1 heterocycles. The standard InChI is InChI=1S/C19H17F2N3O/c1-12-7-14(8-15(20)19(12)21)16-9-18(24-11-23-16)22-10-17(25)13-5-3-2-4-6-13/h2-9,11,17,25H,10H2,1H3,(H,22,23,24)/t17-/m0/s1. The van der Waals surface area contributed by atoms with Crippen molar-refractivity contribution in [2.75, 3.05) is 11.9 Å². The van der Waals surface area contributed by atoms with Crippen molar-refractivity contribution >= 4 is 5.82 Å². The van der Waals surface area contributed by atoms with E-state index in [1.54, 1.807) is 6.07 Å². The highest BCUT2D eigenvalue weighted by Gasteiger charge is 2.11. The van der Waals surface area contributed by atoms with Gasteiger partial charge >= 0.3 is 0 Å². The lowest BCUT2D eigenvalue weighted by Gasteiger charge is -2.13. The number of nitrogens with zero attached hydrogens (tertiary/aromatic N) is 2. The molecule has 0 aliphatic carbocycles. The maximum absolute atomic E-state index is 13.6. The summed E-state index contributed by atoms with van der Waals surface area (Å²) in [7, 11) is 0. The third-order valence-corrected chi connectivity index (χ3v) is 3.83. The van der Waals surface area contributed by atoms with E-state index >= 15 is 0 Å². The first kappa shape index (κ1) is 17.0. The van der Waals surface area contributed by atoms with E-state index in [0.717, 1.165) is 11.6 Å². The molecule has 3 rings (SSSR count). The summed E-state index contributed by atoms with van der Waals surface area (Å²) in [4.78, 5) is 8.20. The number of aromatic nitrogens is 2. The number of benzene rings is 2. The second-order valence-corrected chi connectivity index (χ2v) is 5.68. The summed E-state index contributed by atoms with van der Waals surface area (Å²) in [6.07, 6.45) is 0.647. The molecule has 0 spiro atoms. The first-order valence-corrected chi connectivity index (χ1v) is 7.79. The van der Waals surface area contributed by atoms with Gasteiger partial charge in [-0.2, -0.15) is 0 Å². The second kappa shape index (κ2) is 7.36. The van der Waals surface area contributed by atoms with Gasteiger partial charge in [0.2, 0.25) is 0 Å². The maximum Gasteiger partial charge on any atom is 0.161 e. The highest BCUT2D eigenvalue weighted by atomic mass is 19.2. The van der Waals surface area contributed by atoms with E-state index in [4.69, 9.17) is 0 Å². The van der Waals surface area contributed by atoms with Crippen LogP contribution in [0.2, 0.25) is 0 Å². The molecule has 0 radical (unpaired) electrons. The average Bonchev–Trinajstić information content (AvgIpc) is 2.64. The normalized spacial score (nSPS) is 12.0. The smallest absolute Gasteiger partial charge is 0.161 e. The van der Waals surface area contributed by atoms with Gasteiger partial charge in [0.15, 0.2) is 11.6 Å². The first-order chi connectivity index (χ1) is 12.0. The molecule has 0 fully saturated rings. The molecule has 0 amide bonds. The Balaban J connectivity index is 1.76. The number of aliphatic hydroxyl groups is 1. The fourth-order valence-corrected chi connectivity index (χ4v) is 2.48. The highest BCUT2D eigenvalue weighted by Crippen LogP contribution is 2.24. The van der Waals surface area contributed by atoms with Crippen LogP contribution < -0.4 is 5.32 Å². The molecule has 3 aromatic rings. The summed E-state index contributed by atoms with van der Waals surface area (Å²) >= 11 is 0. The fraction of sp³-hybridized carbons (Fsp3) is 0.158. The van der Waals surface area contributed by atoms with E-state index in [-0.39, 0.29) is 12.1 Å². The van der Waals surface area contributed by atoms with E-state index in [1.807, 2.05) is 30.3 Å². The van der Waals surface area contributed by atoms with Crippen molar-refractivity contribution in [3.63, 3.8) is 0 Å². The third-order valence-electron chi connectivity index (χ3n) is 3.83. The van der Waals surface area contributed by atoms with Crippen LogP contribution in [0, 0.1) is 18.6 Å². The quantitative estimate of drug-likeness (QED) is 0.739. The zero-order valence-electron chi connectivity index (χ0n) is 13.6. The minimum atomic E-state index is -0.914. The van der Waals surface area contributed by atoms with Crippen LogP contribution in [0.25, 0.3) is 11.3 Å². The van der Waals surface area contributed by atoms with Crippen LogP contribution in [0.3, 0.4) is 0 Å². The van der Waals surface area contributed by atoms with Crippen molar-refractivity contribution < 1.29 is 13.9 Å². The molecule has 128 valence electrons. The van der Waals surface area contributed by atoms with Crippen LogP contribution in [0.15, 0.2) is 54.9 Å². The number of anilines is 1. The molecule has 6 heteroatoms. The lowest BCUT2D eigenvalue weighted by Crippen LogP contribution is -2.13. The van der Waals surface area contributed by atoms with E-state index < -0.39 is 17.7 Å². The minimum absolute atomic E-state index is 0.211. The third kappa shape index (κ3) is 3.97. The topological polar surface area (TPSA) is 58.0 Å². The van der Waals surface area contributed by atoms with Gasteiger partial charge in [0.25, 0.3) is 0 Å². The summed E-state index contributed by atoms with van der Waals surface area (Å²) in [6.45, 7) is 1.76. The van der Waals surface area contributed by atoms with Gasteiger partial charge in [-0.1, -0.05) is 30.3 Å². The van der Waals surface area contributed by atoms with E-state index in [0.29, 0.717) is 17.1 Å². The molecule has 2 N–H and O–H groups in total. The van der Waals surface area contributed by atoms with Crippen molar-refractivity contribution in [3.8, 4) is 11.3 Å². The maximum atomic E-state index is 13.6. The molecule has 0 aliphatic rings. The van der Waals surface area contributed by atoms with Gasteiger partial charge in [0, 0.05) is 18.2 Å². The number of hydrogen-bond acceptors (Lipinski definition) is 4. The van der Waals surface area contributed by atoms with Crippen LogP contribution in [-0.2, 0) is 0 Å². The molecule has 0 saturated carbocycles. The lowest BCUT2D eigenvalue weighted by molar-refractivity contribution is 0.191. The zero-order valence-corrected chi connectivity index (χ0v) is 13.6. The molecule has 1 aromatic heterocycles. The Bertz CT molecular complexity index is 849. The number of halogens is 2. The van der Waals surface area contributed by atoms with Crippen molar-refractivity contribution in [1.82, 2.24) is 9.97 Å². The average molecular weight is 341 g/mol. The molecule has 0 unspecified atom stereocenters. The molecular weight excluding hydrogens is 324 g/mol. The zero-order chi connectivity index (χ0) is 17.8. The molecular formula is C19H17F2N3O. The van der Waals surface area contributed by atoms with Crippen LogP contribution in [-0.4, -0.2) is 21.6 Å². The number of rotatable bonds is 5. The Morgan fingerprint density at radius 2 is 1.84 bits per heavy atom. The Hall–Kier alpha value is -2.86. The van der Waals surface area contributed by atoms with Crippen molar-refractivity contribution in [2.24, 2.45) is 0 Å². The van der Waals surface area contributed by atoms with Gasteiger partial charge in [-0.05, 0) is 30.2 Å².